The summed E-state index contributed by atoms with van der Waals surface area (Å²) in [6.45, 7) is 6.28. The average molecular weight is 368 g/mol. The molecule has 0 radical (unpaired) electrons. The minimum Gasteiger partial charge on any atom is -0.411 e. The lowest BCUT2D eigenvalue weighted by Crippen LogP contribution is -2.12. The maximum atomic E-state index is 5.86. The summed E-state index contributed by atoms with van der Waals surface area (Å²) in [4.78, 5) is 4.55. The van der Waals surface area contributed by atoms with E-state index in [0.29, 0.717) is 11.1 Å². The fourth-order valence-corrected chi connectivity index (χ4v) is 3.97. The summed E-state index contributed by atoms with van der Waals surface area (Å²) in [5.41, 5.74) is 0.864. The highest BCUT2D eigenvalue weighted by Crippen LogP contribution is 2.34. The molecule has 126 valence electrons. The lowest BCUT2D eigenvalue weighted by atomic mass is 9.96. The highest BCUT2D eigenvalue weighted by Gasteiger charge is 2.21. The summed E-state index contributed by atoms with van der Waals surface area (Å²) >= 11 is 2.70. The molecule has 4 rings (SSSR count). The van der Waals surface area contributed by atoms with Gasteiger partial charge in [-0.1, -0.05) is 57.2 Å². The van der Waals surface area contributed by atoms with Crippen molar-refractivity contribution in [2.45, 2.75) is 35.7 Å². The molecule has 0 aliphatic rings. The zero-order valence-electron chi connectivity index (χ0n) is 14.1. The van der Waals surface area contributed by atoms with E-state index in [1.807, 2.05) is 24.3 Å². The Morgan fingerprint density at radius 3 is 2.60 bits per heavy atom. The fraction of sp³-hybridized carbons (Fsp3) is 0.222. The zero-order valence-corrected chi connectivity index (χ0v) is 15.7. The number of hydrogen-bond acceptors (Lipinski definition) is 7. The monoisotopic (exact) mass is 368 g/mol. The molecule has 0 saturated carbocycles. The van der Waals surface area contributed by atoms with E-state index in [1.165, 1.54) is 23.3 Å². The van der Waals surface area contributed by atoms with Gasteiger partial charge in [0.05, 0.1) is 0 Å². The molecule has 2 aromatic heterocycles. The lowest BCUT2D eigenvalue weighted by molar-refractivity contribution is 0.466. The predicted octanol–water partition coefficient (Wildman–Crippen LogP) is 5.19. The molecular formula is C18H16N4OS2. The van der Waals surface area contributed by atoms with Crippen LogP contribution in [0.4, 0.5) is 0 Å². The van der Waals surface area contributed by atoms with Crippen LogP contribution >= 0.6 is 23.3 Å². The van der Waals surface area contributed by atoms with Gasteiger partial charge < -0.3 is 4.42 Å². The normalized spacial score (nSPS) is 12.0. The molecule has 0 aliphatic carbocycles. The van der Waals surface area contributed by atoms with Gasteiger partial charge in [0, 0.05) is 22.7 Å². The molecule has 0 bridgehead atoms. The lowest BCUT2D eigenvalue weighted by Gasteiger charge is -2.11. The van der Waals surface area contributed by atoms with Gasteiger partial charge in [0.15, 0.2) is 4.34 Å². The smallest absolute Gasteiger partial charge is 0.284 e. The summed E-state index contributed by atoms with van der Waals surface area (Å²) in [7, 11) is 0. The van der Waals surface area contributed by atoms with Gasteiger partial charge in [-0.15, -0.1) is 10.2 Å². The molecule has 0 spiro atoms. The summed E-state index contributed by atoms with van der Waals surface area (Å²) < 4.78 is 11.1. The Kier molecular flexibility index (Phi) is 4.05. The van der Waals surface area contributed by atoms with Gasteiger partial charge in [0.1, 0.15) is 5.82 Å². The molecule has 2 heterocycles. The molecule has 0 fully saturated rings. The summed E-state index contributed by atoms with van der Waals surface area (Å²) in [5, 5.41) is 11.1. The molecule has 0 unspecified atom stereocenters. The highest BCUT2D eigenvalue weighted by molar-refractivity contribution is 8.00. The molecule has 0 aliphatic heterocycles. The second-order valence-electron chi connectivity index (χ2n) is 6.64. The number of aromatic nitrogens is 4. The quantitative estimate of drug-likeness (QED) is 0.496. The minimum atomic E-state index is -0.0712. The van der Waals surface area contributed by atoms with E-state index in [9.17, 15) is 0 Å². The zero-order chi connectivity index (χ0) is 17.4. The van der Waals surface area contributed by atoms with Crippen LogP contribution in [0, 0.1) is 0 Å². The molecule has 0 amide bonds. The maximum absolute atomic E-state index is 5.86. The number of nitrogens with zero attached hydrogens (tertiary/aromatic N) is 4. The number of benzene rings is 2. The van der Waals surface area contributed by atoms with Crippen molar-refractivity contribution in [1.29, 1.82) is 0 Å². The maximum Gasteiger partial charge on any atom is 0.284 e. The molecule has 2 aromatic carbocycles. The van der Waals surface area contributed by atoms with Crippen LogP contribution in [0.15, 0.2) is 56.4 Å². The molecule has 0 atom stereocenters. The van der Waals surface area contributed by atoms with E-state index >= 15 is 0 Å². The fourth-order valence-electron chi connectivity index (χ4n) is 2.40. The van der Waals surface area contributed by atoms with Crippen molar-refractivity contribution in [2.24, 2.45) is 0 Å². The van der Waals surface area contributed by atoms with Crippen LogP contribution in [-0.2, 0) is 5.41 Å². The average Bonchev–Trinajstić information content (AvgIpc) is 3.24. The number of hydrogen-bond donors (Lipinski definition) is 0. The number of rotatable bonds is 3. The SMILES string of the molecule is CC(C)(C)c1nsc(Sc2nnc(-c3cccc4ccccc34)o2)n1. The minimum absolute atomic E-state index is 0.0712. The van der Waals surface area contributed by atoms with Gasteiger partial charge >= 0.3 is 0 Å². The van der Waals surface area contributed by atoms with Crippen LogP contribution in [0.2, 0.25) is 0 Å². The van der Waals surface area contributed by atoms with Crippen molar-refractivity contribution in [3.63, 3.8) is 0 Å². The Labute approximate surface area is 153 Å². The Balaban J connectivity index is 1.63. The molecular weight excluding hydrogens is 352 g/mol. The van der Waals surface area contributed by atoms with Gasteiger partial charge in [-0.3, -0.25) is 0 Å². The molecule has 25 heavy (non-hydrogen) atoms. The largest absolute Gasteiger partial charge is 0.411 e. The van der Waals surface area contributed by atoms with Crippen LogP contribution in [0.3, 0.4) is 0 Å². The van der Waals surface area contributed by atoms with E-state index in [1.54, 1.807) is 0 Å². The Morgan fingerprint density at radius 2 is 1.80 bits per heavy atom. The molecule has 0 N–H and O–H groups in total. The van der Waals surface area contributed by atoms with Crippen molar-refractivity contribution in [3.05, 3.63) is 48.3 Å². The second kappa shape index (κ2) is 6.24. The van der Waals surface area contributed by atoms with Crippen LogP contribution in [0.5, 0.6) is 0 Å². The second-order valence-corrected chi connectivity index (χ2v) is 8.59. The van der Waals surface area contributed by atoms with Crippen molar-refractivity contribution in [3.8, 4) is 11.5 Å². The summed E-state index contributed by atoms with van der Waals surface area (Å²) in [6.07, 6.45) is 0. The van der Waals surface area contributed by atoms with Gasteiger partial charge in [-0.25, -0.2) is 4.98 Å². The van der Waals surface area contributed by atoms with E-state index in [0.717, 1.165) is 26.5 Å². The molecule has 4 aromatic rings. The van der Waals surface area contributed by atoms with Crippen molar-refractivity contribution in [1.82, 2.24) is 19.6 Å². The van der Waals surface area contributed by atoms with Crippen LogP contribution in [0.1, 0.15) is 26.6 Å². The first-order valence-electron chi connectivity index (χ1n) is 7.84. The first-order chi connectivity index (χ1) is 12.0. The Morgan fingerprint density at radius 1 is 1.00 bits per heavy atom. The van der Waals surface area contributed by atoms with E-state index in [4.69, 9.17) is 4.42 Å². The van der Waals surface area contributed by atoms with Gasteiger partial charge in [0.2, 0.25) is 5.89 Å². The topological polar surface area (TPSA) is 64.7 Å². The Bertz CT molecular complexity index is 1030. The van der Waals surface area contributed by atoms with E-state index in [2.05, 4.69) is 58.5 Å². The van der Waals surface area contributed by atoms with Crippen molar-refractivity contribution < 1.29 is 4.42 Å². The van der Waals surface area contributed by atoms with Gasteiger partial charge in [-0.05, 0) is 28.4 Å². The summed E-state index contributed by atoms with van der Waals surface area (Å²) in [5.74, 6) is 1.34. The molecule has 7 heteroatoms. The first-order valence-corrected chi connectivity index (χ1v) is 9.43. The standard InChI is InChI=1S/C18H16N4OS2/c1-18(2,3)15-19-17(25-22-15)24-16-21-20-14(23-16)13-10-6-8-11-7-4-5-9-12(11)13/h4-10H,1-3H3. The summed E-state index contributed by atoms with van der Waals surface area (Å²) in [6, 6.07) is 14.2. The van der Waals surface area contributed by atoms with Gasteiger partial charge in [0.25, 0.3) is 5.22 Å². The molecule has 5 nitrogen and oxygen atoms in total. The van der Waals surface area contributed by atoms with Crippen LogP contribution in [-0.4, -0.2) is 19.6 Å². The predicted molar refractivity (Wildman–Crippen MR) is 100.0 cm³/mol. The van der Waals surface area contributed by atoms with Crippen molar-refractivity contribution in [2.75, 3.05) is 0 Å². The number of fused-ring (bicyclic) bond motifs is 1. The third kappa shape index (κ3) is 3.29. The van der Waals surface area contributed by atoms with E-state index in [-0.39, 0.29) is 5.41 Å². The Hall–Kier alpha value is -2.25. The van der Waals surface area contributed by atoms with E-state index < -0.39 is 0 Å². The third-order valence-corrected chi connectivity index (χ3v) is 5.27. The highest BCUT2D eigenvalue weighted by atomic mass is 32.2. The van der Waals surface area contributed by atoms with Gasteiger partial charge in [-0.2, -0.15) is 4.37 Å². The van der Waals surface area contributed by atoms with Crippen molar-refractivity contribution >= 4 is 34.1 Å². The first kappa shape index (κ1) is 16.2. The van der Waals surface area contributed by atoms with Crippen LogP contribution < -0.4 is 0 Å². The van der Waals surface area contributed by atoms with Crippen LogP contribution in [0.25, 0.3) is 22.2 Å². The third-order valence-electron chi connectivity index (χ3n) is 3.68. The molecule has 0 saturated heterocycles.